The molecule has 1 aliphatic rings. The van der Waals surface area contributed by atoms with Crippen LogP contribution in [0.4, 0.5) is 4.39 Å². The van der Waals surface area contributed by atoms with Crippen molar-refractivity contribution in [1.82, 2.24) is 14.2 Å². The fourth-order valence-electron chi connectivity index (χ4n) is 3.14. The van der Waals surface area contributed by atoms with Crippen molar-refractivity contribution in [3.8, 4) is 0 Å². The Kier molecular flexibility index (Phi) is 6.05. The highest BCUT2D eigenvalue weighted by Crippen LogP contribution is 2.32. The van der Waals surface area contributed by atoms with Crippen LogP contribution in [0.1, 0.15) is 39.2 Å². The predicted octanol–water partition coefficient (Wildman–Crippen LogP) is 3.20. The van der Waals surface area contributed by atoms with Gasteiger partial charge in [0, 0.05) is 30.5 Å². The van der Waals surface area contributed by atoms with E-state index in [9.17, 15) is 17.6 Å². The molecule has 0 atom stereocenters. The molecule has 0 N–H and O–H groups in total. The lowest BCUT2D eigenvalue weighted by Crippen LogP contribution is -2.50. The molecule has 0 bridgehead atoms. The molecule has 2 aromatic rings. The van der Waals surface area contributed by atoms with Crippen molar-refractivity contribution in [2.45, 2.75) is 56.6 Å². The fraction of sp³-hybridized carbons (Fsp3) is 0.429. The quantitative estimate of drug-likeness (QED) is 0.691. The Bertz CT molecular complexity index is 970. The zero-order valence-electron chi connectivity index (χ0n) is 16.9. The molecular formula is C21H26FN3O3S. The number of hydrogen-bond acceptors (Lipinski definition) is 4. The topological polar surface area (TPSA) is 70.6 Å². The number of nitrogens with zero attached hydrogens (tertiary/aromatic N) is 3. The average Bonchev–Trinajstić information content (AvgIpc) is 3.48. The van der Waals surface area contributed by atoms with Gasteiger partial charge in [-0.2, -0.15) is 4.31 Å². The van der Waals surface area contributed by atoms with E-state index in [4.69, 9.17) is 0 Å². The molecule has 1 heterocycles. The third-order valence-corrected chi connectivity index (χ3v) is 6.71. The van der Waals surface area contributed by atoms with Crippen LogP contribution in [-0.4, -0.2) is 46.6 Å². The molecule has 0 saturated heterocycles. The van der Waals surface area contributed by atoms with E-state index in [1.807, 2.05) is 20.8 Å². The Labute approximate surface area is 171 Å². The molecule has 1 amide bonds. The zero-order chi connectivity index (χ0) is 21.2. The summed E-state index contributed by atoms with van der Waals surface area (Å²) in [5.74, 6) is -0.691. The highest BCUT2D eigenvalue weighted by molar-refractivity contribution is 7.89. The summed E-state index contributed by atoms with van der Waals surface area (Å²) < 4.78 is 41.0. The molecular weight excluding hydrogens is 393 g/mol. The fourth-order valence-corrected chi connectivity index (χ4v) is 4.74. The summed E-state index contributed by atoms with van der Waals surface area (Å²) in [6.45, 7) is 5.57. The SMILES string of the molecule is CC(C)(C)N(Cc1cccc(F)c1)C(=O)CN(C1CC1)S(=O)(=O)c1cccnc1. The molecule has 0 radical (unpaired) electrons. The number of halogens is 1. The first-order valence-electron chi connectivity index (χ1n) is 9.56. The van der Waals surface area contributed by atoms with Gasteiger partial charge in [0.2, 0.25) is 15.9 Å². The molecule has 0 spiro atoms. The number of rotatable bonds is 7. The van der Waals surface area contributed by atoms with Crippen LogP contribution in [0, 0.1) is 5.82 Å². The summed E-state index contributed by atoms with van der Waals surface area (Å²) >= 11 is 0. The predicted molar refractivity (Wildman–Crippen MR) is 108 cm³/mol. The third-order valence-electron chi connectivity index (χ3n) is 4.83. The smallest absolute Gasteiger partial charge is 0.245 e. The molecule has 0 unspecified atom stereocenters. The molecule has 6 nitrogen and oxygen atoms in total. The Hall–Kier alpha value is -2.32. The first-order valence-corrected chi connectivity index (χ1v) is 11.0. The molecule has 29 heavy (non-hydrogen) atoms. The van der Waals surface area contributed by atoms with Gasteiger partial charge in [-0.05, 0) is 63.4 Å². The number of carbonyl (C=O) groups excluding carboxylic acids is 1. The van der Waals surface area contributed by atoms with Crippen LogP contribution in [0.15, 0.2) is 53.7 Å². The molecule has 1 fully saturated rings. The van der Waals surface area contributed by atoms with Crippen LogP contribution in [0.25, 0.3) is 0 Å². The second-order valence-corrected chi connectivity index (χ2v) is 10.1. The minimum Gasteiger partial charge on any atom is -0.332 e. The lowest BCUT2D eigenvalue weighted by atomic mass is 10.0. The molecule has 1 aromatic heterocycles. The maximum atomic E-state index is 13.6. The van der Waals surface area contributed by atoms with Gasteiger partial charge >= 0.3 is 0 Å². The van der Waals surface area contributed by atoms with Crippen LogP contribution >= 0.6 is 0 Å². The van der Waals surface area contributed by atoms with Gasteiger partial charge in [0.1, 0.15) is 10.7 Å². The molecule has 1 aliphatic carbocycles. The minimum absolute atomic E-state index is 0.0761. The van der Waals surface area contributed by atoms with Gasteiger partial charge in [0.05, 0.1) is 6.54 Å². The van der Waals surface area contributed by atoms with Crippen molar-refractivity contribution in [2.24, 2.45) is 0 Å². The first-order chi connectivity index (χ1) is 13.6. The van der Waals surface area contributed by atoms with E-state index >= 15 is 0 Å². The zero-order valence-corrected chi connectivity index (χ0v) is 17.7. The number of pyridine rings is 1. The van der Waals surface area contributed by atoms with Crippen molar-refractivity contribution >= 4 is 15.9 Å². The highest BCUT2D eigenvalue weighted by atomic mass is 32.2. The van der Waals surface area contributed by atoms with Crippen molar-refractivity contribution in [3.05, 3.63) is 60.2 Å². The van der Waals surface area contributed by atoms with Crippen LogP contribution in [0.2, 0.25) is 0 Å². The van der Waals surface area contributed by atoms with Gasteiger partial charge < -0.3 is 4.90 Å². The summed E-state index contributed by atoms with van der Waals surface area (Å²) in [6.07, 6.45) is 4.26. The Balaban J connectivity index is 1.85. The highest BCUT2D eigenvalue weighted by Gasteiger charge is 2.41. The van der Waals surface area contributed by atoms with Crippen molar-refractivity contribution < 1.29 is 17.6 Å². The van der Waals surface area contributed by atoms with Crippen molar-refractivity contribution in [3.63, 3.8) is 0 Å². The molecule has 0 aliphatic heterocycles. The van der Waals surface area contributed by atoms with Crippen molar-refractivity contribution in [2.75, 3.05) is 6.54 Å². The van der Waals surface area contributed by atoms with Gasteiger partial charge in [-0.1, -0.05) is 12.1 Å². The number of benzene rings is 1. The Morgan fingerprint density at radius 2 is 1.93 bits per heavy atom. The second kappa shape index (κ2) is 8.20. The van der Waals surface area contributed by atoms with Crippen LogP contribution in [0.5, 0.6) is 0 Å². The van der Waals surface area contributed by atoms with E-state index < -0.39 is 15.6 Å². The summed E-state index contributed by atoms with van der Waals surface area (Å²) in [5, 5.41) is 0. The Morgan fingerprint density at radius 3 is 2.48 bits per heavy atom. The van der Waals surface area contributed by atoms with Crippen LogP contribution < -0.4 is 0 Å². The van der Waals surface area contributed by atoms with E-state index in [2.05, 4.69) is 4.98 Å². The lowest BCUT2D eigenvalue weighted by molar-refractivity contribution is -0.137. The van der Waals surface area contributed by atoms with E-state index in [-0.39, 0.29) is 35.8 Å². The first kappa shape index (κ1) is 21.4. The maximum absolute atomic E-state index is 13.6. The number of hydrogen-bond donors (Lipinski definition) is 0. The van der Waals surface area contributed by atoms with Crippen LogP contribution in [-0.2, 0) is 21.4 Å². The molecule has 8 heteroatoms. The van der Waals surface area contributed by atoms with Crippen LogP contribution in [0.3, 0.4) is 0 Å². The third kappa shape index (κ3) is 5.19. The van der Waals surface area contributed by atoms with Gasteiger partial charge in [-0.15, -0.1) is 0 Å². The Morgan fingerprint density at radius 1 is 1.21 bits per heavy atom. The van der Waals surface area contributed by atoms with E-state index in [1.54, 1.807) is 23.1 Å². The van der Waals surface area contributed by atoms with E-state index in [1.165, 1.54) is 34.9 Å². The molecule has 1 aromatic carbocycles. The standard InChI is InChI=1S/C21H26FN3O3S/c1-21(2,3)24(14-16-6-4-7-17(22)12-16)20(26)15-25(18-9-10-18)29(27,28)19-8-5-11-23-13-19/h4-8,11-13,18H,9-10,14-15H2,1-3H3. The summed E-state index contributed by atoms with van der Waals surface area (Å²) in [4.78, 5) is 18.8. The minimum atomic E-state index is -3.83. The number of carbonyl (C=O) groups is 1. The maximum Gasteiger partial charge on any atom is 0.245 e. The largest absolute Gasteiger partial charge is 0.332 e. The van der Waals surface area contributed by atoms with E-state index in [0.29, 0.717) is 5.56 Å². The average molecular weight is 420 g/mol. The molecule has 156 valence electrons. The number of aromatic nitrogens is 1. The van der Waals surface area contributed by atoms with Gasteiger partial charge in [0.15, 0.2) is 0 Å². The normalized spacial score (nSPS) is 14.8. The monoisotopic (exact) mass is 419 g/mol. The van der Waals surface area contributed by atoms with Gasteiger partial charge in [0.25, 0.3) is 0 Å². The second-order valence-electron chi connectivity index (χ2n) is 8.25. The van der Waals surface area contributed by atoms with Gasteiger partial charge in [-0.25, -0.2) is 12.8 Å². The van der Waals surface area contributed by atoms with Gasteiger partial charge in [-0.3, -0.25) is 9.78 Å². The summed E-state index contributed by atoms with van der Waals surface area (Å²) in [7, 11) is -3.83. The number of amides is 1. The van der Waals surface area contributed by atoms with Crippen molar-refractivity contribution in [1.29, 1.82) is 0 Å². The van der Waals surface area contributed by atoms with E-state index in [0.717, 1.165) is 12.8 Å². The molecule has 1 saturated carbocycles. The molecule has 3 rings (SSSR count). The summed E-state index contributed by atoms with van der Waals surface area (Å²) in [5.41, 5.74) is 0.0952. The summed E-state index contributed by atoms with van der Waals surface area (Å²) in [6, 6.07) is 8.94. The lowest BCUT2D eigenvalue weighted by Gasteiger charge is -2.37. The number of sulfonamides is 1.